The van der Waals surface area contributed by atoms with E-state index in [1.807, 2.05) is 0 Å². The van der Waals surface area contributed by atoms with Gasteiger partial charge < -0.3 is 5.73 Å². The summed E-state index contributed by atoms with van der Waals surface area (Å²) in [6.07, 6.45) is 1.00. The van der Waals surface area contributed by atoms with Crippen LogP contribution in [0, 0.1) is 6.92 Å². The molecule has 0 atom stereocenters. The van der Waals surface area contributed by atoms with Gasteiger partial charge in [-0.15, -0.1) is 0 Å². The van der Waals surface area contributed by atoms with E-state index in [-0.39, 0.29) is 0 Å². The lowest BCUT2D eigenvalue weighted by molar-refractivity contribution is 0.827. The average Bonchev–Trinajstić information content (AvgIpc) is 2.08. The van der Waals surface area contributed by atoms with Gasteiger partial charge in [0.05, 0.1) is 0 Å². The monoisotopic (exact) mass is 177 g/mol. The molecular formula is C12H19N. The Morgan fingerprint density at radius 1 is 1.31 bits per heavy atom. The number of benzene rings is 1. The molecule has 0 aliphatic heterocycles. The molecule has 0 saturated carbocycles. The molecule has 0 radical (unpaired) electrons. The van der Waals surface area contributed by atoms with Crippen molar-refractivity contribution in [1.29, 1.82) is 0 Å². The van der Waals surface area contributed by atoms with Crippen LogP contribution in [0.1, 0.15) is 36.5 Å². The van der Waals surface area contributed by atoms with Crippen LogP contribution in [-0.2, 0) is 6.42 Å². The van der Waals surface area contributed by atoms with Crippen molar-refractivity contribution in [3.63, 3.8) is 0 Å². The molecule has 2 N–H and O–H groups in total. The van der Waals surface area contributed by atoms with Crippen LogP contribution in [0.15, 0.2) is 18.2 Å². The molecule has 0 amide bonds. The topological polar surface area (TPSA) is 26.0 Å². The summed E-state index contributed by atoms with van der Waals surface area (Å²) in [4.78, 5) is 0. The van der Waals surface area contributed by atoms with Crippen molar-refractivity contribution in [3.05, 3.63) is 34.9 Å². The van der Waals surface area contributed by atoms with Crippen LogP contribution >= 0.6 is 0 Å². The summed E-state index contributed by atoms with van der Waals surface area (Å²) in [5, 5.41) is 0. The first-order chi connectivity index (χ1) is 6.16. The van der Waals surface area contributed by atoms with Gasteiger partial charge in [0.15, 0.2) is 0 Å². The van der Waals surface area contributed by atoms with Crippen molar-refractivity contribution >= 4 is 0 Å². The maximum atomic E-state index is 5.60. The molecule has 0 fully saturated rings. The Labute approximate surface area is 81.0 Å². The molecule has 1 heteroatoms. The van der Waals surface area contributed by atoms with Gasteiger partial charge >= 0.3 is 0 Å². The Hall–Kier alpha value is -0.820. The lowest BCUT2D eigenvalue weighted by Crippen LogP contribution is -2.07. The van der Waals surface area contributed by atoms with Crippen molar-refractivity contribution in [2.45, 2.75) is 33.1 Å². The Bertz CT molecular complexity index is 276. The van der Waals surface area contributed by atoms with Crippen LogP contribution < -0.4 is 5.73 Å². The lowest BCUT2D eigenvalue weighted by Gasteiger charge is -2.14. The highest BCUT2D eigenvalue weighted by Gasteiger charge is 2.07. The molecule has 0 unspecified atom stereocenters. The van der Waals surface area contributed by atoms with Crippen molar-refractivity contribution in [3.8, 4) is 0 Å². The van der Waals surface area contributed by atoms with Gasteiger partial charge in [-0.2, -0.15) is 0 Å². The van der Waals surface area contributed by atoms with Crippen molar-refractivity contribution in [2.24, 2.45) is 5.73 Å². The van der Waals surface area contributed by atoms with Gasteiger partial charge in [-0.3, -0.25) is 0 Å². The number of nitrogens with two attached hydrogens (primary N) is 1. The van der Waals surface area contributed by atoms with E-state index >= 15 is 0 Å². The number of aryl methyl sites for hydroxylation is 1. The Morgan fingerprint density at radius 2 is 2.00 bits per heavy atom. The summed E-state index contributed by atoms with van der Waals surface area (Å²) in [5.41, 5.74) is 9.86. The summed E-state index contributed by atoms with van der Waals surface area (Å²) >= 11 is 0. The molecule has 72 valence electrons. The summed E-state index contributed by atoms with van der Waals surface area (Å²) in [6.45, 7) is 7.37. The molecule has 1 aromatic carbocycles. The molecular weight excluding hydrogens is 158 g/mol. The molecule has 1 rings (SSSR count). The predicted molar refractivity (Wildman–Crippen MR) is 58.0 cm³/mol. The summed E-state index contributed by atoms with van der Waals surface area (Å²) in [7, 11) is 0. The SMILES string of the molecule is Cc1cccc(C(C)C)c1CCN. The van der Waals surface area contributed by atoms with Gasteiger partial charge in [0.25, 0.3) is 0 Å². The minimum absolute atomic E-state index is 0.599. The number of rotatable bonds is 3. The summed E-state index contributed by atoms with van der Waals surface area (Å²) in [5.74, 6) is 0.599. The molecule has 1 nitrogen and oxygen atoms in total. The van der Waals surface area contributed by atoms with Crippen LogP contribution in [0.4, 0.5) is 0 Å². The second kappa shape index (κ2) is 4.43. The van der Waals surface area contributed by atoms with E-state index in [0.717, 1.165) is 13.0 Å². The third-order valence-corrected chi connectivity index (χ3v) is 2.46. The summed E-state index contributed by atoms with van der Waals surface area (Å²) < 4.78 is 0. The van der Waals surface area contributed by atoms with E-state index in [1.165, 1.54) is 16.7 Å². The maximum Gasteiger partial charge on any atom is -0.00365 e. The van der Waals surface area contributed by atoms with Gasteiger partial charge in [-0.1, -0.05) is 32.0 Å². The van der Waals surface area contributed by atoms with Crippen molar-refractivity contribution < 1.29 is 0 Å². The Morgan fingerprint density at radius 3 is 2.54 bits per heavy atom. The fraction of sp³-hybridized carbons (Fsp3) is 0.500. The van der Waals surface area contributed by atoms with Crippen LogP contribution in [-0.4, -0.2) is 6.54 Å². The van der Waals surface area contributed by atoms with Gasteiger partial charge in [0.1, 0.15) is 0 Å². The Kier molecular flexibility index (Phi) is 3.49. The molecule has 0 aliphatic rings. The smallest absolute Gasteiger partial charge is 0.00365 e. The predicted octanol–water partition coefficient (Wildman–Crippen LogP) is 2.62. The molecule has 0 aliphatic carbocycles. The van der Waals surface area contributed by atoms with Crippen molar-refractivity contribution in [2.75, 3.05) is 6.54 Å². The minimum atomic E-state index is 0.599. The third kappa shape index (κ3) is 2.31. The fourth-order valence-corrected chi connectivity index (χ4v) is 1.75. The van der Waals surface area contributed by atoms with Gasteiger partial charge in [0.2, 0.25) is 0 Å². The molecule has 0 spiro atoms. The lowest BCUT2D eigenvalue weighted by atomic mass is 9.92. The molecule has 13 heavy (non-hydrogen) atoms. The first kappa shape index (κ1) is 10.3. The van der Waals surface area contributed by atoms with Crippen molar-refractivity contribution in [1.82, 2.24) is 0 Å². The maximum absolute atomic E-state index is 5.60. The van der Waals surface area contributed by atoms with E-state index in [9.17, 15) is 0 Å². The highest BCUT2D eigenvalue weighted by molar-refractivity contribution is 5.36. The third-order valence-electron chi connectivity index (χ3n) is 2.46. The Balaban J connectivity index is 3.09. The van der Waals surface area contributed by atoms with Crippen LogP contribution in [0.3, 0.4) is 0 Å². The molecule has 0 heterocycles. The minimum Gasteiger partial charge on any atom is -0.330 e. The molecule has 0 aromatic heterocycles. The number of hydrogen-bond donors (Lipinski definition) is 1. The van der Waals surface area contributed by atoms with E-state index in [4.69, 9.17) is 5.73 Å². The standard InChI is InChI=1S/C12H19N/c1-9(2)11-6-4-5-10(3)12(11)7-8-13/h4-6,9H,7-8,13H2,1-3H3. The van der Waals surface area contributed by atoms with Crippen LogP contribution in [0.2, 0.25) is 0 Å². The zero-order valence-corrected chi connectivity index (χ0v) is 8.80. The highest BCUT2D eigenvalue weighted by Crippen LogP contribution is 2.22. The fourth-order valence-electron chi connectivity index (χ4n) is 1.75. The van der Waals surface area contributed by atoms with Gasteiger partial charge in [0, 0.05) is 0 Å². The zero-order chi connectivity index (χ0) is 9.84. The normalized spacial score (nSPS) is 10.8. The van der Waals surface area contributed by atoms with Crippen LogP contribution in [0.5, 0.6) is 0 Å². The average molecular weight is 177 g/mol. The van der Waals surface area contributed by atoms with Crippen LogP contribution in [0.25, 0.3) is 0 Å². The van der Waals surface area contributed by atoms with E-state index in [0.29, 0.717) is 5.92 Å². The first-order valence-electron chi connectivity index (χ1n) is 4.95. The van der Waals surface area contributed by atoms with Gasteiger partial charge in [-0.05, 0) is 42.5 Å². The van der Waals surface area contributed by atoms with E-state index in [2.05, 4.69) is 39.0 Å². The largest absolute Gasteiger partial charge is 0.330 e. The number of hydrogen-bond acceptors (Lipinski definition) is 1. The summed E-state index contributed by atoms with van der Waals surface area (Å²) in [6, 6.07) is 6.50. The second-order valence-electron chi connectivity index (χ2n) is 3.84. The molecule has 0 saturated heterocycles. The molecule has 1 aromatic rings. The molecule has 0 bridgehead atoms. The van der Waals surface area contributed by atoms with E-state index < -0.39 is 0 Å². The first-order valence-corrected chi connectivity index (χ1v) is 4.95. The van der Waals surface area contributed by atoms with Gasteiger partial charge in [-0.25, -0.2) is 0 Å². The second-order valence-corrected chi connectivity index (χ2v) is 3.84. The van der Waals surface area contributed by atoms with E-state index in [1.54, 1.807) is 0 Å². The zero-order valence-electron chi connectivity index (χ0n) is 8.80. The highest BCUT2D eigenvalue weighted by atomic mass is 14.5. The quantitative estimate of drug-likeness (QED) is 0.754.